The van der Waals surface area contributed by atoms with E-state index in [0.29, 0.717) is 20.9 Å². The van der Waals surface area contributed by atoms with Gasteiger partial charge in [0.2, 0.25) is 0 Å². The van der Waals surface area contributed by atoms with Crippen LogP contribution in [-0.2, 0) is 5.88 Å². The Morgan fingerprint density at radius 3 is 1.94 bits per heavy atom. The second kappa shape index (κ2) is 5.49. The topological polar surface area (TPSA) is 0 Å². The van der Waals surface area contributed by atoms with Crippen LogP contribution < -0.4 is 0 Å². The molecule has 17 heavy (non-hydrogen) atoms. The number of hydrogen-bond donors (Lipinski definition) is 0. The highest BCUT2D eigenvalue weighted by Gasteiger charge is 2.05. The summed E-state index contributed by atoms with van der Waals surface area (Å²) < 4.78 is 0. The maximum atomic E-state index is 6.11. The highest BCUT2D eigenvalue weighted by molar-refractivity contribution is 6.35. The van der Waals surface area contributed by atoms with E-state index in [9.17, 15) is 0 Å². The molecule has 0 aliphatic carbocycles. The summed E-state index contributed by atoms with van der Waals surface area (Å²) in [5.74, 6) is 0.398. The van der Waals surface area contributed by atoms with E-state index in [1.807, 2.05) is 30.3 Å². The maximum Gasteiger partial charge on any atom is 0.0488 e. The molecule has 0 unspecified atom stereocenters. The fourth-order valence-corrected chi connectivity index (χ4v) is 2.63. The molecule has 4 heteroatoms. The summed E-state index contributed by atoms with van der Waals surface area (Å²) in [7, 11) is 0. The first-order valence-corrected chi connectivity index (χ1v) is 6.58. The molecule has 0 nitrogen and oxygen atoms in total. The lowest BCUT2D eigenvalue weighted by atomic mass is 10.0. The van der Waals surface area contributed by atoms with Gasteiger partial charge < -0.3 is 0 Å². The summed E-state index contributed by atoms with van der Waals surface area (Å²) >= 11 is 23.8. The van der Waals surface area contributed by atoms with E-state index in [4.69, 9.17) is 46.4 Å². The predicted octanol–water partition coefficient (Wildman–Crippen LogP) is 6.05. The molecule has 0 spiro atoms. The molecule has 0 aliphatic rings. The van der Waals surface area contributed by atoms with Gasteiger partial charge in [0.25, 0.3) is 0 Å². The molecule has 0 bridgehead atoms. The third-order valence-corrected chi connectivity index (χ3v) is 3.47. The second-order valence-corrected chi connectivity index (χ2v) is 5.15. The van der Waals surface area contributed by atoms with Gasteiger partial charge in [0.15, 0.2) is 0 Å². The van der Waals surface area contributed by atoms with Crippen LogP contribution in [0, 0.1) is 0 Å². The summed E-state index contributed by atoms with van der Waals surface area (Å²) in [6.07, 6.45) is 0. The van der Waals surface area contributed by atoms with E-state index < -0.39 is 0 Å². The van der Waals surface area contributed by atoms with Crippen LogP contribution in [0.15, 0.2) is 36.4 Å². The molecule has 0 atom stereocenters. The summed E-state index contributed by atoms with van der Waals surface area (Å²) in [6.45, 7) is 0. The van der Waals surface area contributed by atoms with Gasteiger partial charge in [0.05, 0.1) is 0 Å². The molecule has 0 radical (unpaired) electrons. The monoisotopic (exact) mass is 304 g/mol. The van der Waals surface area contributed by atoms with Gasteiger partial charge in [-0.15, -0.1) is 11.6 Å². The van der Waals surface area contributed by atoms with Crippen molar-refractivity contribution < 1.29 is 0 Å². The Kier molecular flexibility index (Phi) is 4.22. The first kappa shape index (κ1) is 13.0. The molecule has 2 aromatic rings. The Bertz CT molecular complexity index is 529. The van der Waals surface area contributed by atoms with E-state index >= 15 is 0 Å². The van der Waals surface area contributed by atoms with Gasteiger partial charge in [-0.2, -0.15) is 0 Å². The number of benzene rings is 2. The minimum absolute atomic E-state index is 0.398. The van der Waals surface area contributed by atoms with Crippen LogP contribution in [-0.4, -0.2) is 0 Å². The SMILES string of the molecule is ClCc1ccc(-c2cc(Cl)cc(Cl)c2)cc1Cl. The zero-order chi connectivity index (χ0) is 12.4. The van der Waals surface area contributed by atoms with Gasteiger partial charge in [-0.1, -0.05) is 46.9 Å². The van der Waals surface area contributed by atoms with Crippen LogP contribution in [0.25, 0.3) is 11.1 Å². The maximum absolute atomic E-state index is 6.11. The van der Waals surface area contributed by atoms with Crippen molar-refractivity contribution in [2.24, 2.45) is 0 Å². The summed E-state index contributed by atoms with van der Waals surface area (Å²) in [5.41, 5.74) is 2.81. The molecule has 0 fully saturated rings. The van der Waals surface area contributed by atoms with Crippen LogP contribution >= 0.6 is 46.4 Å². The standard InChI is InChI=1S/C13H8Cl4/c14-7-9-2-1-8(5-13(9)17)10-3-11(15)6-12(16)4-10/h1-6H,7H2. The Morgan fingerprint density at radius 1 is 0.765 bits per heavy atom. The summed E-state index contributed by atoms with van der Waals surface area (Å²) in [6, 6.07) is 11.1. The molecule has 0 N–H and O–H groups in total. The first-order valence-electron chi connectivity index (χ1n) is 4.91. The lowest BCUT2D eigenvalue weighted by Gasteiger charge is -2.06. The van der Waals surface area contributed by atoms with Crippen molar-refractivity contribution in [1.82, 2.24) is 0 Å². The highest BCUT2D eigenvalue weighted by Crippen LogP contribution is 2.30. The minimum atomic E-state index is 0.398. The lowest BCUT2D eigenvalue weighted by molar-refractivity contribution is 1.40. The number of alkyl halides is 1. The normalized spacial score (nSPS) is 10.6. The molecule has 0 heterocycles. The van der Waals surface area contributed by atoms with Gasteiger partial charge in [-0.25, -0.2) is 0 Å². The van der Waals surface area contributed by atoms with E-state index in [0.717, 1.165) is 16.7 Å². The quantitative estimate of drug-likeness (QED) is 0.592. The van der Waals surface area contributed by atoms with Crippen molar-refractivity contribution in [3.63, 3.8) is 0 Å². The Labute approximate surface area is 120 Å². The molecule has 0 saturated heterocycles. The van der Waals surface area contributed by atoms with Crippen LogP contribution in [0.4, 0.5) is 0 Å². The van der Waals surface area contributed by atoms with E-state index in [2.05, 4.69) is 0 Å². The van der Waals surface area contributed by atoms with Gasteiger partial charge in [-0.05, 0) is 41.0 Å². The lowest BCUT2D eigenvalue weighted by Crippen LogP contribution is -1.83. The molecule has 0 saturated carbocycles. The van der Waals surface area contributed by atoms with Crippen LogP contribution in [0.1, 0.15) is 5.56 Å². The minimum Gasteiger partial charge on any atom is -0.121 e. The van der Waals surface area contributed by atoms with Crippen molar-refractivity contribution >= 4 is 46.4 Å². The van der Waals surface area contributed by atoms with Crippen molar-refractivity contribution in [2.75, 3.05) is 0 Å². The predicted molar refractivity (Wildman–Crippen MR) is 76.5 cm³/mol. The number of rotatable bonds is 2. The Hall–Kier alpha value is -0.400. The summed E-state index contributed by atoms with van der Waals surface area (Å²) in [4.78, 5) is 0. The number of hydrogen-bond acceptors (Lipinski definition) is 0. The largest absolute Gasteiger partial charge is 0.121 e. The average molecular weight is 306 g/mol. The molecular formula is C13H8Cl4. The molecule has 0 aliphatic heterocycles. The van der Waals surface area contributed by atoms with Crippen LogP contribution in [0.3, 0.4) is 0 Å². The van der Waals surface area contributed by atoms with Crippen molar-refractivity contribution in [3.05, 3.63) is 57.0 Å². The fourth-order valence-electron chi connectivity index (χ4n) is 1.56. The average Bonchev–Trinajstić information content (AvgIpc) is 2.27. The van der Waals surface area contributed by atoms with E-state index in [-0.39, 0.29) is 0 Å². The molecular weight excluding hydrogens is 298 g/mol. The zero-order valence-electron chi connectivity index (χ0n) is 8.68. The summed E-state index contributed by atoms with van der Waals surface area (Å²) in [5, 5.41) is 1.85. The first-order chi connectivity index (χ1) is 8.10. The van der Waals surface area contributed by atoms with E-state index in [1.165, 1.54) is 0 Å². The van der Waals surface area contributed by atoms with Crippen LogP contribution in [0.2, 0.25) is 15.1 Å². The third-order valence-electron chi connectivity index (χ3n) is 2.39. The van der Waals surface area contributed by atoms with Gasteiger partial charge >= 0.3 is 0 Å². The van der Waals surface area contributed by atoms with Gasteiger partial charge in [0.1, 0.15) is 0 Å². The molecule has 88 valence electrons. The number of halogens is 4. The Morgan fingerprint density at radius 2 is 1.41 bits per heavy atom. The zero-order valence-corrected chi connectivity index (χ0v) is 11.7. The molecule has 0 amide bonds. The smallest absolute Gasteiger partial charge is 0.0488 e. The van der Waals surface area contributed by atoms with Gasteiger partial charge in [0, 0.05) is 20.9 Å². The molecule has 0 aromatic heterocycles. The van der Waals surface area contributed by atoms with Crippen molar-refractivity contribution in [3.8, 4) is 11.1 Å². The molecule has 2 rings (SSSR count). The molecule has 2 aromatic carbocycles. The Balaban J connectivity index is 2.49. The van der Waals surface area contributed by atoms with Crippen molar-refractivity contribution in [1.29, 1.82) is 0 Å². The second-order valence-electron chi connectivity index (χ2n) is 3.60. The van der Waals surface area contributed by atoms with Crippen molar-refractivity contribution in [2.45, 2.75) is 5.88 Å². The van der Waals surface area contributed by atoms with Gasteiger partial charge in [-0.3, -0.25) is 0 Å². The van der Waals surface area contributed by atoms with Crippen LogP contribution in [0.5, 0.6) is 0 Å². The fraction of sp³-hybridized carbons (Fsp3) is 0.0769. The van der Waals surface area contributed by atoms with E-state index in [1.54, 1.807) is 6.07 Å². The third kappa shape index (κ3) is 3.08. The highest BCUT2D eigenvalue weighted by atomic mass is 35.5.